The lowest BCUT2D eigenvalue weighted by Gasteiger charge is -2.10. The van der Waals surface area contributed by atoms with E-state index < -0.39 is 0 Å². The number of thiazole rings is 1. The number of carbonyl (C=O) groups excluding carboxylic acids is 1. The van der Waals surface area contributed by atoms with E-state index in [1.54, 1.807) is 18.2 Å². The standard InChI is InChI=1S/C23H16BrFN2OS/c24-16-11-9-15(10-12-16)13-22(28)26-20-8-4-2-6-18(20)21-14-29-23(27-21)17-5-1-3-7-19(17)25/h1-12,14H,13H2,(H,26,28). The van der Waals surface area contributed by atoms with Gasteiger partial charge in [-0.15, -0.1) is 11.3 Å². The molecule has 4 rings (SSSR count). The number of anilines is 1. The zero-order valence-electron chi connectivity index (χ0n) is 15.2. The highest BCUT2D eigenvalue weighted by Gasteiger charge is 2.14. The summed E-state index contributed by atoms with van der Waals surface area (Å²) in [5.41, 5.74) is 3.59. The van der Waals surface area contributed by atoms with Crippen molar-refractivity contribution < 1.29 is 9.18 Å². The third-order valence-corrected chi connectivity index (χ3v) is 5.77. The van der Waals surface area contributed by atoms with Crippen LogP contribution in [0.25, 0.3) is 21.8 Å². The van der Waals surface area contributed by atoms with Gasteiger partial charge in [-0.3, -0.25) is 4.79 Å². The highest BCUT2D eigenvalue weighted by atomic mass is 79.9. The maximum Gasteiger partial charge on any atom is 0.228 e. The van der Waals surface area contributed by atoms with E-state index in [9.17, 15) is 9.18 Å². The van der Waals surface area contributed by atoms with E-state index >= 15 is 0 Å². The summed E-state index contributed by atoms with van der Waals surface area (Å²) in [5, 5.41) is 5.45. The van der Waals surface area contributed by atoms with Crippen LogP contribution in [0.1, 0.15) is 5.56 Å². The summed E-state index contributed by atoms with van der Waals surface area (Å²) >= 11 is 4.77. The molecule has 4 aromatic rings. The van der Waals surface area contributed by atoms with Crippen LogP contribution < -0.4 is 5.32 Å². The number of amides is 1. The summed E-state index contributed by atoms with van der Waals surface area (Å²) in [6.07, 6.45) is 0.277. The van der Waals surface area contributed by atoms with Gasteiger partial charge < -0.3 is 5.32 Å². The molecule has 0 bridgehead atoms. The Morgan fingerprint density at radius 2 is 1.66 bits per heavy atom. The average Bonchev–Trinajstić information content (AvgIpc) is 3.20. The van der Waals surface area contributed by atoms with E-state index in [1.165, 1.54) is 17.4 Å². The molecule has 1 amide bonds. The van der Waals surface area contributed by atoms with Gasteiger partial charge in [-0.1, -0.05) is 58.4 Å². The Morgan fingerprint density at radius 3 is 2.41 bits per heavy atom. The van der Waals surface area contributed by atoms with Crippen LogP contribution in [-0.2, 0) is 11.2 Å². The van der Waals surface area contributed by atoms with Gasteiger partial charge in [0.15, 0.2) is 0 Å². The average molecular weight is 467 g/mol. The van der Waals surface area contributed by atoms with E-state index in [0.29, 0.717) is 22.0 Å². The van der Waals surface area contributed by atoms with Gasteiger partial charge in [-0.25, -0.2) is 9.37 Å². The summed E-state index contributed by atoms with van der Waals surface area (Å²) < 4.78 is 15.1. The zero-order valence-corrected chi connectivity index (χ0v) is 17.6. The molecule has 0 radical (unpaired) electrons. The number of hydrogen-bond donors (Lipinski definition) is 1. The molecule has 3 aromatic carbocycles. The molecule has 0 fully saturated rings. The number of aromatic nitrogens is 1. The summed E-state index contributed by atoms with van der Waals surface area (Å²) in [7, 11) is 0. The van der Waals surface area contributed by atoms with Gasteiger partial charge in [-0.05, 0) is 35.9 Å². The maximum atomic E-state index is 14.1. The number of para-hydroxylation sites is 1. The van der Waals surface area contributed by atoms with Crippen molar-refractivity contribution in [1.29, 1.82) is 0 Å². The van der Waals surface area contributed by atoms with Crippen LogP contribution in [-0.4, -0.2) is 10.9 Å². The zero-order chi connectivity index (χ0) is 20.2. The maximum absolute atomic E-state index is 14.1. The minimum atomic E-state index is -0.301. The van der Waals surface area contributed by atoms with Crippen molar-refractivity contribution in [1.82, 2.24) is 4.98 Å². The second-order valence-electron chi connectivity index (χ2n) is 6.41. The summed E-state index contributed by atoms with van der Waals surface area (Å²) in [4.78, 5) is 17.1. The Labute approximate surface area is 180 Å². The van der Waals surface area contributed by atoms with Crippen molar-refractivity contribution in [2.45, 2.75) is 6.42 Å². The fourth-order valence-corrected chi connectivity index (χ4v) is 4.06. The van der Waals surface area contributed by atoms with Gasteiger partial charge in [0.25, 0.3) is 0 Å². The highest BCUT2D eigenvalue weighted by molar-refractivity contribution is 9.10. The Morgan fingerprint density at radius 1 is 0.966 bits per heavy atom. The van der Waals surface area contributed by atoms with Gasteiger partial charge in [0.2, 0.25) is 5.91 Å². The lowest BCUT2D eigenvalue weighted by molar-refractivity contribution is -0.115. The topological polar surface area (TPSA) is 42.0 Å². The lowest BCUT2D eigenvalue weighted by Crippen LogP contribution is -2.15. The Kier molecular flexibility index (Phi) is 5.83. The SMILES string of the molecule is O=C(Cc1ccc(Br)cc1)Nc1ccccc1-c1csc(-c2ccccc2F)n1. The van der Waals surface area contributed by atoms with E-state index in [-0.39, 0.29) is 18.1 Å². The fraction of sp³-hybridized carbons (Fsp3) is 0.0435. The molecule has 1 aromatic heterocycles. The fourth-order valence-electron chi connectivity index (χ4n) is 2.95. The van der Waals surface area contributed by atoms with E-state index in [0.717, 1.165) is 15.6 Å². The largest absolute Gasteiger partial charge is 0.325 e. The number of nitrogens with one attached hydrogen (secondary N) is 1. The lowest BCUT2D eigenvalue weighted by atomic mass is 10.1. The first-order valence-electron chi connectivity index (χ1n) is 8.94. The van der Waals surface area contributed by atoms with Gasteiger partial charge in [0.1, 0.15) is 10.8 Å². The number of carbonyl (C=O) groups is 1. The van der Waals surface area contributed by atoms with Gasteiger partial charge in [0, 0.05) is 21.0 Å². The molecular formula is C23H16BrFN2OS. The van der Waals surface area contributed by atoms with Gasteiger partial charge in [-0.2, -0.15) is 0 Å². The smallest absolute Gasteiger partial charge is 0.228 e. The number of benzene rings is 3. The number of nitrogens with zero attached hydrogens (tertiary/aromatic N) is 1. The Hall–Kier alpha value is -2.83. The second-order valence-corrected chi connectivity index (χ2v) is 8.19. The number of rotatable bonds is 5. The number of hydrogen-bond acceptors (Lipinski definition) is 3. The molecule has 0 saturated heterocycles. The summed E-state index contributed by atoms with van der Waals surface area (Å²) in [6, 6.07) is 21.7. The predicted molar refractivity (Wildman–Crippen MR) is 119 cm³/mol. The molecule has 1 N–H and O–H groups in total. The second kappa shape index (κ2) is 8.68. The molecule has 0 spiro atoms. The van der Waals surface area contributed by atoms with Crippen LogP contribution in [0.5, 0.6) is 0 Å². The molecule has 0 unspecified atom stereocenters. The van der Waals surface area contributed by atoms with Crippen LogP contribution >= 0.6 is 27.3 Å². The van der Waals surface area contributed by atoms with Crippen LogP contribution in [0.4, 0.5) is 10.1 Å². The third-order valence-electron chi connectivity index (χ3n) is 4.36. The minimum Gasteiger partial charge on any atom is -0.325 e. The quantitative estimate of drug-likeness (QED) is 0.361. The molecule has 3 nitrogen and oxygen atoms in total. The van der Waals surface area contributed by atoms with Crippen LogP contribution in [0.2, 0.25) is 0 Å². The molecule has 6 heteroatoms. The minimum absolute atomic E-state index is 0.107. The molecule has 0 atom stereocenters. The van der Waals surface area contributed by atoms with Crippen molar-refractivity contribution in [2.24, 2.45) is 0 Å². The van der Waals surface area contributed by atoms with E-state index in [1.807, 2.05) is 53.9 Å². The van der Waals surface area contributed by atoms with Crippen molar-refractivity contribution in [3.05, 3.63) is 94.0 Å². The summed E-state index contributed by atoms with van der Waals surface area (Å²) in [6.45, 7) is 0. The molecule has 0 saturated carbocycles. The third kappa shape index (κ3) is 4.60. The van der Waals surface area contributed by atoms with Crippen LogP contribution in [0.3, 0.4) is 0 Å². The first kappa shape index (κ1) is 19.5. The summed E-state index contributed by atoms with van der Waals surface area (Å²) in [5.74, 6) is -0.409. The number of halogens is 2. The van der Waals surface area contributed by atoms with E-state index in [4.69, 9.17) is 0 Å². The highest BCUT2D eigenvalue weighted by Crippen LogP contribution is 2.33. The molecule has 29 heavy (non-hydrogen) atoms. The first-order valence-corrected chi connectivity index (χ1v) is 10.6. The first-order chi connectivity index (χ1) is 14.1. The van der Waals surface area contributed by atoms with Crippen molar-refractivity contribution in [3.8, 4) is 21.8 Å². The van der Waals surface area contributed by atoms with Crippen molar-refractivity contribution in [3.63, 3.8) is 0 Å². The van der Waals surface area contributed by atoms with Gasteiger partial charge in [0.05, 0.1) is 17.8 Å². The molecular weight excluding hydrogens is 451 g/mol. The van der Waals surface area contributed by atoms with E-state index in [2.05, 4.69) is 26.2 Å². The van der Waals surface area contributed by atoms with Crippen molar-refractivity contribution in [2.75, 3.05) is 5.32 Å². The molecule has 0 aliphatic rings. The van der Waals surface area contributed by atoms with Gasteiger partial charge >= 0.3 is 0 Å². The molecule has 144 valence electrons. The van der Waals surface area contributed by atoms with Crippen LogP contribution in [0, 0.1) is 5.82 Å². The normalized spacial score (nSPS) is 10.7. The Balaban J connectivity index is 1.57. The predicted octanol–water partition coefficient (Wildman–Crippen LogP) is 6.56. The van der Waals surface area contributed by atoms with Crippen molar-refractivity contribution >= 4 is 38.9 Å². The Bertz CT molecular complexity index is 1160. The molecule has 0 aliphatic carbocycles. The van der Waals surface area contributed by atoms with Crippen LogP contribution in [0.15, 0.2) is 82.6 Å². The molecule has 1 heterocycles. The molecule has 0 aliphatic heterocycles. The monoisotopic (exact) mass is 466 g/mol.